The Morgan fingerprint density at radius 1 is 1.04 bits per heavy atom. The highest BCUT2D eigenvalue weighted by molar-refractivity contribution is 6.45. The Hall–Kier alpha value is -1.32. The lowest BCUT2D eigenvalue weighted by Crippen LogP contribution is -2.61. The van der Waals surface area contributed by atoms with Crippen molar-refractivity contribution in [1.82, 2.24) is 0 Å². The van der Waals surface area contributed by atoms with Gasteiger partial charge in [0.1, 0.15) is 12.0 Å². The maximum Gasteiger partial charge on any atom is 0.227 e. The fraction of sp³-hybridized carbons (Fsp3) is 0.750. The van der Waals surface area contributed by atoms with Crippen molar-refractivity contribution in [3.8, 4) is 0 Å². The third kappa shape index (κ3) is 1.70. The third-order valence-electron chi connectivity index (χ3n) is 8.17. The summed E-state index contributed by atoms with van der Waals surface area (Å²) in [4.78, 5) is 36.9. The molecule has 4 aliphatic carbocycles. The Kier molecular flexibility index (Phi) is 3.27. The van der Waals surface area contributed by atoms with Crippen LogP contribution in [0.2, 0.25) is 0 Å². The van der Waals surface area contributed by atoms with E-state index in [9.17, 15) is 14.4 Å². The molecule has 7 atom stereocenters. The largest absolute Gasteiger partial charge is 0.299 e. The molecule has 4 fully saturated rings. The molecule has 24 heavy (non-hydrogen) atoms. The van der Waals surface area contributed by atoms with Gasteiger partial charge in [-0.2, -0.15) is 0 Å². The molecule has 0 spiro atoms. The molecule has 0 saturated heterocycles. The zero-order chi connectivity index (χ0) is 17.4. The zero-order valence-corrected chi connectivity index (χ0v) is 14.4. The number of alkyl halides is 1. The summed E-state index contributed by atoms with van der Waals surface area (Å²) in [6.07, 6.45) is 3.03. The maximum atomic E-state index is 15.3. The lowest BCUT2D eigenvalue weighted by Gasteiger charge is -2.59. The van der Waals surface area contributed by atoms with Gasteiger partial charge in [-0.05, 0) is 49.9 Å². The van der Waals surface area contributed by atoms with Gasteiger partial charge in [-0.3, -0.25) is 14.4 Å². The minimum atomic E-state index is -1.44. The van der Waals surface area contributed by atoms with Crippen LogP contribution in [0.25, 0.3) is 0 Å². The first kappa shape index (κ1) is 16.2. The van der Waals surface area contributed by atoms with Crippen LogP contribution in [0, 0.1) is 34.5 Å². The van der Waals surface area contributed by atoms with E-state index < -0.39 is 29.1 Å². The molecule has 4 saturated carbocycles. The molecular formula is C20H25FO3. The Labute approximate surface area is 142 Å². The normalized spacial score (nSPS) is 51.2. The maximum absolute atomic E-state index is 15.3. The van der Waals surface area contributed by atoms with Gasteiger partial charge in [-0.25, -0.2) is 4.39 Å². The molecule has 0 heterocycles. The van der Waals surface area contributed by atoms with E-state index in [1.807, 2.05) is 6.92 Å². The molecule has 0 aromatic rings. The molecule has 4 aliphatic rings. The molecule has 0 aromatic carbocycles. The Balaban J connectivity index is 1.75. The summed E-state index contributed by atoms with van der Waals surface area (Å²) in [7, 11) is 0. The van der Waals surface area contributed by atoms with Crippen LogP contribution in [0.4, 0.5) is 4.39 Å². The topological polar surface area (TPSA) is 51.2 Å². The van der Waals surface area contributed by atoms with E-state index in [0.29, 0.717) is 24.5 Å². The van der Waals surface area contributed by atoms with Crippen LogP contribution in [0.5, 0.6) is 0 Å². The summed E-state index contributed by atoms with van der Waals surface area (Å²) in [6, 6.07) is 0. The number of halogens is 1. The highest BCUT2D eigenvalue weighted by Crippen LogP contribution is 2.65. The first-order valence-corrected chi connectivity index (χ1v) is 9.17. The van der Waals surface area contributed by atoms with Crippen LogP contribution >= 0.6 is 0 Å². The van der Waals surface area contributed by atoms with Crippen molar-refractivity contribution in [2.24, 2.45) is 34.5 Å². The zero-order valence-electron chi connectivity index (χ0n) is 14.4. The number of carbonyl (C=O) groups excluding carboxylic acids is 3. The van der Waals surface area contributed by atoms with Gasteiger partial charge in [-0.15, -0.1) is 0 Å². The monoisotopic (exact) mass is 332 g/mol. The van der Waals surface area contributed by atoms with E-state index in [1.165, 1.54) is 0 Å². The quantitative estimate of drug-likeness (QED) is 0.504. The number of carbonyl (C=O) groups is 3. The molecule has 1 unspecified atom stereocenters. The minimum absolute atomic E-state index is 0.0593. The summed E-state index contributed by atoms with van der Waals surface area (Å²) in [5, 5.41) is 0. The van der Waals surface area contributed by atoms with Crippen LogP contribution in [0.3, 0.4) is 0 Å². The van der Waals surface area contributed by atoms with Gasteiger partial charge in [0, 0.05) is 28.7 Å². The molecule has 0 radical (unpaired) electrons. The van der Waals surface area contributed by atoms with Gasteiger partial charge >= 0.3 is 0 Å². The Morgan fingerprint density at radius 3 is 2.46 bits per heavy atom. The fourth-order valence-corrected chi connectivity index (χ4v) is 6.75. The van der Waals surface area contributed by atoms with Gasteiger partial charge in [-0.1, -0.05) is 20.4 Å². The lowest BCUT2D eigenvalue weighted by molar-refractivity contribution is -0.162. The van der Waals surface area contributed by atoms with Gasteiger partial charge in [0.2, 0.25) is 11.6 Å². The number of allylic oxidation sites excluding steroid dienone is 1. The molecule has 3 nitrogen and oxygen atoms in total. The van der Waals surface area contributed by atoms with Crippen molar-refractivity contribution in [2.75, 3.05) is 0 Å². The number of ketones is 3. The predicted molar refractivity (Wildman–Crippen MR) is 86.9 cm³/mol. The second kappa shape index (κ2) is 4.86. The van der Waals surface area contributed by atoms with Crippen molar-refractivity contribution in [3.63, 3.8) is 0 Å². The Morgan fingerprint density at radius 2 is 1.75 bits per heavy atom. The van der Waals surface area contributed by atoms with E-state index in [-0.39, 0.29) is 22.8 Å². The lowest BCUT2D eigenvalue weighted by atomic mass is 9.44. The summed E-state index contributed by atoms with van der Waals surface area (Å²) < 4.78 is 15.3. The molecule has 0 amide bonds. The molecule has 0 aliphatic heterocycles. The van der Waals surface area contributed by atoms with E-state index in [4.69, 9.17) is 0 Å². The third-order valence-corrected chi connectivity index (χ3v) is 8.17. The van der Waals surface area contributed by atoms with E-state index in [0.717, 1.165) is 25.7 Å². The molecule has 0 aromatic heterocycles. The van der Waals surface area contributed by atoms with Crippen LogP contribution in [-0.2, 0) is 14.4 Å². The SMILES string of the molecule is C=C1C(=O)C(=O)C2CC[C@@H]3[C@H](CC[C@]4(C)C(=O)CC[C@@H]34)[C@@]2(C)[C@@H]1F. The van der Waals surface area contributed by atoms with Crippen molar-refractivity contribution in [3.05, 3.63) is 12.2 Å². The molecule has 130 valence electrons. The molecule has 4 rings (SSSR count). The number of hydrogen-bond acceptors (Lipinski definition) is 3. The second-order valence-electron chi connectivity index (χ2n) is 8.87. The smallest absolute Gasteiger partial charge is 0.227 e. The highest BCUT2D eigenvalue weighted by Gasteiger charge is 2.65. The van der Waals surface area contributed by atoms with E-state index >= 15 is 4.39 Å². The van der Waals surface area contributed by atoms with Crippen LogP contribution in [0.1, 0.15) is 52.4 Å². The molecule has 4 heteroatoms. The van der Waals surface area contributed by atoms with Crippen molar-refractivity contribution in [2.45, 2.75) is 58.5 Å². The van der Waals surface area contributed by atoms with E-state index in [1.54, 1.807) is 0 Å². The molecule has 0 N–H and O–H groups in total. The highest BCUT2D eigenvalue weighted by atomic mass is 19.1. The molecule has 0 bridgehead atoms. The minimum Gasteiger partial charge on any atom is -0.299 e. The van der Waals surface area contributed by atoms with Crippen LogP contribution in [0.15, 0.2) is 12.2 Å². The predicted octanol–water partition coefficient (Wildman–Crippen LogP) is 3.46. The summed E-state index contributed by atoms with van der Waals surface area (Å²) in [5.74, 6) is -0.671. The van der Waals surface area contributed by atoms with E-state index in [2.05, 4.69) is 13.5 Å². The molecular weight excluding hydrogens is 307 g/mol. The number of fused-ring (bicyclic) bond motifs is 5. The number of rotatable bonds is 0. The van der Waals surface area contributed by atoms with Crippen molar-refractivity contribution >= 4 is 17.3 Å². The first-order chi connectivity index (χ1) is 11.2. The summed E-state index contributed by atoms with van der Waals surface area (Å²) in [5.41, 5.74) is -1.25. The van der Waals surface area contributed by atoms with Crippen molar-refractivity contribution < 1.29 is 18.8 Å². The van der Waals surface area contributed by atoms with Crippen LogP contribution in [-0.4, -0.2) is 23.5 Å². The summed E-state index contributed by atoms with van der Waals surface area (Å²) in [6.45, 7) is 7.53. The van der Waals surface area contributed by atoms with Gasteiger partial charge < -0.3 is 0 Å². The second-order valence-corrected chi connectivity index (χ2v) is 8.87. The summed E-state index contributed by atoms with van der Waals surface area (Å²) >= 11 is 0. The van der Waals surface area contributed by atoms with Gasteiger partial charge in [0.15, 0.2) is 0 Å². The first-order valence-electron chi connectivity index (χ1n) is 9.17. The average Bonchev–Trinajstić information content (AvgIpc) is 2.87. The number of Topliss-reactive ketones (excluding diaryl/α,β-unsaturated/α-hetero) is 3. The van der Waals surface area contributed by atoms with Crippen LogP contribution < -0.4 is 0 Å². The number of hydrogen-bond donors (Lipinski definition) is 0. The van der Waals surface area contributed by atoms with Gasteiger partial charge in [0.05, 0.1) is 0 Å². The van der Waals surface area contributed by atoms with Crippen molar-refractivity contribution in [1.29, 1.82) is 0 Å². The van der Waals surface area contributed by atoms with Gasteiger partial charge in [0.25, 0.3) is 0 Å². The average molecular weight is 332 g/mol. The Bertz CT molecular complexity index is 668. The fourth-order valence-electron chi connectivity index (χ4n) is 6.75. The standard InChI is InChI=1S/C20H25FO3/c1-10-16(23)17(24)14-5-4-11-12-6-7-15(22)19(12,2)9-8-13(11)20(14,3)18(10)21/h11-14,18H,1,4-9H2,2-3H3/t11-,12-,13-,14?,18+,19-,20+/m0/s1.